The summed E-state index contributed by atoms with van der Waals surface area (Å²) < 4.78 is 0. The summed E-state index contributed by atoms with van der Waals surface area (Å²) in [5, 5.41) is 8.66. The maximum atomic E-state index is 12.8. The number of hydrogen-bond donors (Lipinski definition) is 2. The van der Waals surface area contributed by atoms with Gasteiger partial charge in [-0.05, 0) is 43.3 Å². The monoisotopic (exact) mass is 383 g/mol. The molecule has 2 N–H and O–H groups in total. The van der Waals surface area contributed by atoms with Crippen LogP contribution in [0.5, 0.6) is 0 Å². The van der Waals surface area contributed by atoms with Crippen molar-refractivity contribution in [2.45, 2.75) is 25.8 Å². The van der Waals surface area contributed by atoms with Gasteiger partial charge in [-0.15, -0.1) is 22.7 Å². The van der Waals surface area contributed by atoms with Crippen molar-refractivity contribution in [3.8, 4) is 9.88 Å². The van der Waals surface area contributed by atoms with E-state index in [-0.39, 0.29) is 17.9 Å². The zero-order valence-electron chi connectivity index (χ0n) is 14.1. The van der Waals surface area contributed by atoms with Gasteiger partial charge in [0.15, 0.2) is 0 Å². The van der Waals surface area contributed by atoms with Gasteiger partial charge in [-0.1, -0.05) is 18.2 Å². The number of rotatable bonds is 5. The van der Waals surface area contributed by atoms with Gasteiger partial charge < -0.3 is 10.6 Å². The third kappa shape index (κ3) is 3.54. The number of carbonyl (C=O) groups is 2. The molecule has 0 radical (unpaired) electrons. The van der Waals surface area contributed by atoms with E-state index in [0.29, 0.717) is 21.8 Å². The minimum atomic E-state index is -0.241. The molecule has 7 heteroatoms. The Bertz CT molecular complexity index is 959. The molecular formula is C19H17N3O2S2. The molecule has 4 rings (SSSR count). The molecule has 0 unspecified atom stereocenters. The average molecular weight is 383 g/mol. The molecule has 1 aliphatic rings. The lowest BCUT2D eigenvalue weighted by atomic mass is 10.1. The van der Waals surface area contributed by atoms with E-state index in [1.54, 1.807) is 35.6 Å². The largest absolute Gasteiger partial charge is 0.349 e. The lowest BCUT2D eigenvalue weighted by Gasteiger charge is -2.10. The molecule has 5 nitrogen and oxygen atoms in total. The van der Waals surface area contributed by atoms with E-state index in [1.807, 2.05) is 24.4 Å². The summed E-state index contributed by atoms with van der Waals surface area (Å²) in [6, 6.07) is 11.3. The average Bonchev–Trinajstić information content (AvgIpc) is 3.11. The highest BCUT2D eigenvalue weighted by Gasteiger charge is 2.25. The van der Waals surface area contributed by atoms with E-state index >= 15 is 0 Å². The number of amides is 2. The molecule has 0 spiro atoms. The number of para-hydroxylation sites is 1. The summed E-state index contributed by atoms with van der Waals surface area (Å²) in [7, 11) is 0. The van der Waals surface area contributed by atoms with Gasteiger partial charge in [-0.2, -0.15) is 0 Å². The second-order valence-corrected chi connectivity index (χ2v) is 8.11. The molecule has 1 fully saturated rings. The number of aryl methyl sites for hydroxylation is 1. The van der Waals surface area contributed by atoms with Crippen molar-refractivity contribution in [1.82, 2.24) is 10.3 Å². The fraction of sp³-hybridized carbons (Fsp3) is 0.211. The van der Waals surface area contributed by atoms with Crippen molar-refractivity contribution in [3.05, 3.63) is 57.9 Å². The lowest BCUT2D eigenvalue weighted by molar-refractivity contribution is 0.0952. The number of nitrogens with one attached hydrogen (secondary N) is 2. The van der Waals surface area contributed by atoms with E-state index in [9.17, 15) is 9.59 Å². The van der Waals surface area contributed by atoms with Crippen LogP contribution in [-0.4, -0.2) is 22.8 Å². The molecule has 1 saturated carbocycles. The van der Waals surface area contributed by atoms with E-state index in [0.717, 1.165) is 22.7 Å². The predicted molar refractivity (Wildman–Crippen MR) is 105 cm³/mol. The van der Waals surface area contributed by atoms with E-state index in [1.165, 1.54) is 11.3 Å². The number of benzene rings is 1. The van der Waals surface area contributed by atoms with Crippen molar-refractivity contribution < 1.29 is 9.59 Å². The summed E-state index contributed by atoms with van der Waals surface area (Å²) in [4.78, 5) is 31.3. The van der Waals surface area contributed by atoms with Crippen LogP contribution in [0.1, 0.15) is 38.6 Å². The number of hydrogen-bond acceptors (Lipinski definition) is 5. The van der Waals surface area contributed by atoms with Gasteiger partial charge in [0.1, 0.15) is 9.88 Å². The van der Waals surface area contributed by atoms with Crippen LogP contribution in [0.2, 0.25) is 0 Å². The maximum absolute atomic E-state index is 12.8. The van der Waals surface area contributed by atoms with E-state index in [4.69, 9.17) is 0 Å². The molecule has 26 heavy (non-hydrogen) atoms. The summed E-state index contributed by atoms with van der Waals surface area (Å²) in [5.41, 5.74) is 1.69. The normalized spacial score (nSPS) is 13.4. The fourth-order valence-corrected chi connectivity index (χ4v) is 4.33. The van der Waals surface area contributed by atoms with Crippen LogP contribution in [0.4, 0.5) is 5.69 Å². The summed E-state index contributed by atoms with van der Waals surface area (Å²) in [6.45, 7) is 1.83. The van der Waals surface area contributed by atoms with Crippen LogP contribution in [-0.2, 0) is 0 Å². The molecule has 1 aromatic carbocycles. The first-order valence-electron chi connectivity index (χ1n) is 8.34. The zero-order valence-corrected chi connectivity index (χ0v) is 15.7. The first-order chi connectivity index (χ1) is 12.6. The standard InChI is InChI=1S/C19H17N3O2S2/c1-11-16(26-19(20-11)15-7-4-10-25-15)18(24)22-14-6-3-2-5-13(14)17(23)21-12-8-9-12/h2-7,10,12H,8-9H2,1H3,(H,21,23)(H,22,24). The van der Waals surface area contributed by atoms with Crippen LogP contribution in [0.25, 0.3) is 9.88 Å². The van der Waals surface area contributed by atoms with Gasteiger partial charge in [-0.3, -0.25) is 9.59 Å². The molecule has 2 aromatic heterocycles. The van der Waals surface area contributed by atoms with Gasteiger partial charge in [0.2, 0.25) is 0 Å². The van der Waals surface area contributed by atoms with Crippen molar-refractivity contribution in [2.24, 2.45) is 0 Å². The second kappa shape index (κ2) is 7.01. The molecule has 2 heterocycles. The van der Waals surface area contributed by atoms with Crippen molar-refractivity contribution in [3.63, 3.8) is 0 Å². The third-order valence-electron chi connectivity index (χ3n) is 4.07. The van der Waals surface area contributed by atoms with Crippen molar-refractivity contribution in [2.75, 3.05) is 5.32 Å². The number of thiophene rings is 1. The van der Waals surface area contributed by atoms with Crippen molar-refractivity contribution >= 4 is 40.2 Å². The zero-order chi connectivity index (χ0) is 18.1. The van der Waals surface area contributed by atoms with E-state index < -0.39 is 0 Å². The van der Waals surface area contributed by atoms with Crippen LogP contribution in [0.15, 0.2) is 41.8 Å². The summed E-state index contributed by atoms with van der Waals surface area (Å²) >= 11 is 2.96. The Labute approximate surface area is 159 Å². The molecule has 132 valence electrons. The van der Waals surface area contributed by atoms with Crippen LogP contribution in [0.3, 0.4) is 0 Å². The minimum Gasteiger partial charge on any atom is -0.349 e. The highest BCUT2D eigenvalue weighted by atomic mass is 32.1. The Balaban J connectivity index is 1.56. The highest BCUT2D eigenvalue weighted by molar-refractivity contribution is 7.22. The fourth-order valence-electron chi connectivity index (χ4n) is 2.57. The lowest BCUT2D eigenvalue weighted by Crippen LogP contribution is -2.27. The topological polar surface area (TPSA) is 71.1 Å². The second-order valence-electron chi connectivity index (χ2n) is 6.16. The Kier molecular flexibility index (Phi) is 4.57. The number of aromatic nitrogens is 1. The number of thiazole rings is 1. The molecular weight excluding hydrogens is 366 g/mol. The number of carbonyl (C=O) groups excluding carboxylic acids is 2. The molecule has 0 bridgehead atoms. The third-order valence-corrected chi connectivity index (χ3v) is 6.26. The number of nitrogens with zero attached hydrogens (tertiary/aromatic N) is 1. The van der Waals surface area contributed by atoms with Crippen LogP contribution < -0.4 is 10.6 Å². The van der Waals surface area contributed by atoms with Crippen LogP contribution >= 0.6 is 22.7 Å². The smallest absolute Gasteiger partial charge is 0.267 e. The van der Waals surface area contributed by atoms with Gasteiger partial charge >= 0.3 is 0 Å². The minimum absolute atomic E-state index is 0.149. The molecule has 0 aliphatic heterocycles. The maximum Gasteiger partial charge on any atom is 0.267 e. The quantitative estimate of drug-likeness (QED) is 0.689. The Morgan fingerprint density at radius 3 is 2.65 bits per heavy atom. The Morgan fingerprint density at radius 1 is 1.12 bits per heavy atom. The molecule has 2 amide bonds. The number of anilines is 1. The van der Waals surface area contributed by atoms with Gasteiger partial charge in [0, 0.05) is 6.04 Å². The molecule has 3 aromatic rings. The first-order valence-corrected chi connectivity index (χ1v) is 10.0. The summed E-state index contributed by atoms with van der Waals surface area (Å²) in [6.07, 6.45) is 2.04. The molecule has 0 atom stereocenters. The SMILES string of the molecule is Cc1nc(-c2cccs2)sc1C(=O)Nc1ccccc1C(=O)NC1CC1. The Morgan fingerprint density at radius 2 is 1.92 bits per heavy atom. The molecule has 1 aliphatic carbocycles. The Hall–Kier alpha value is -2.51. The first kappa shape index (κ1) is 16.9. The molecule has 0 saturated heterocycles. The van der Waals surface area contributed by atoms with Gasteiger partial charge in [-0.25, -0.2) is 4.98 Å². The van der Waals surface area contributed by atoms with Gasteiger partial charge in [0.05, 0.1) is 21.8 Å². The van der Waals surface area contributed by atoms with E-state index in [2.05, 4.69) is 15.6 Å². The highest BCUT2D eigenvalue weighted by Crippen LogP contribution is 2.31. The van der Waals surface area contributed by atoms with Gasteiger partial charge in [0.25, 0.3) is 11.8 Å². The van der Waals surface area contributed by atoms with Crippen LogP contribution in [0, 0.1) is 6.92 Å². The predicted octanol–water partition coefficient (Wildman–Crippen LogP) is 4.32. The van der Waals surface area contributed by atoms with Crippen molar-refractivity contribution in [1.29, 1.82) is 0 Å². The summed E-state index contributed by atoms with van der Waals surface area (Å²) in [5.74, 6) is -0.391.